The van der Waals surface area contributed by atoms with Crippen molar-refractivity contribution < 1.29 is 19.4 Å². The lowest BCUT2D eigenvalue weighted by molar-refractivity contribution is -0.200. The van der Waals surface area contributed by atoms with Crippen LogP contribution in [0.5, 0.6) is 0 Å². The highest BCUT2D eigenvalue weighted by molar-refractivity contribution is 5.79. The maximum atomic E-state index is 10.9. The topological polar surface area (TPSA) is 81.8 Å². The number of ether oxygens (including phenoxy) is 2. The molecule has 3 rings (SSSR count). The van der Waals surface area contributed by atoms with Crippen molar-refractivity contribution in [3.8, 4) is 0 Å². The monoisotopic (exact) mass is 401 g/mol. The molecule has 3 unspecified atom stereocenters. The van der Waals surface area contributed by atoms with Crippen LogP contribution in [0.1, 0.15) is 51.5 Å². The largest absolute Gasteiger partial charge is 0.479 e. The quantitative estimate of drug-likeness (QED) is 0.671. The molecule has 2 aliphatic rings. The van der Waals surface area contributed by atoms with Gasteiger partial charge in [0.1, 0.15) is 0 Å². The van der Waals surface area contributed by atoms with E-state index in [1.54, 1.807) is 0 Å². The van der Waals surface area contributed by atoms with Crippen LogP contribution < -0.4 is 5.73 Å². The number of nitrogens with two attached hydrogens (primary N) is 1. The average Bonchev–Trinajstić information content (AvgIpc) is 2.66. The van der Waals surface area contributed by atoms with Gasteiger partial charge >= 0.3 is 5.97 Å². The fraction of sp³-hybridized carbons (Fsp3) is 0.542. The minimum Gasteiger partial charge on any atom is -0.479 e. The van der Waals surface area contributed by atoms with E-state index in [0.717, 1.165) is 25.9 Å². The Bertz CT molecular complexity index is 679. The van der Waals surface area contributed by atoms with E-state index in [4.69, 9.17) is 20.3 Å². The van der Waals surface area contributed by atoms with Gasteiger partial charge in [-0.2, -0.15) is 0 Å². The fourth-order valence-electron chi connectivity index (χ4n) is 3.64. The van der Waals surface area contributed by atoms with Gasteiger partial charge in [0.2, 0.25) is 0 Å². The lowest BCUT2D eigenvalue weighted by Gasteiger charge is -2.42. The van der Waals surface area contributed by atoms with Crippen molar-refractivity contribution in [1.29, 1.82) is 0 Å². The summed E-state index contributed by atoms with van der Waals surface area (Å²) in [5, 5.41) is 8.96. The summed E-state index contributed by atoms with van der Waals surface area (Å²) in [6.07, 6.45) is 9.04. The molecular formula is C24H35NO4. The lowest BCUT2D eigenvalue weighted by atomic mass is 9.82. The van der Waals surface area contributed by atoms with Gasteiger partial charge < -0.3 is 20.3 Å². The first kappa shape index (κ1) is 23.3. The predicted octanol–water partition coefficient (Wildman–Crippen LogP) is 4.47. The molecule has 0 amide bonds. The van der Waals surface area contributed by atoms with Gasteiger partial charge in [0.05, 0.1) is 19.3 Å². The molecule has 0 spiro atoms. The summed E-state index contributed by atoms with van der Waals surface area (Å²) in [5.41, 5.74) is 7.29. The number of hydrogen-bond donors (Lipinski definition) is 2. The highest BCUT2D eigenvalue weighted by Crippen LogP contribution is 2.32. The van der Waals surface area contributed by atoms with E-state index in [2.05, 4.69) is 36.9 Å². The van der Waals surface area contributed by atoms with Crippen LogP contribution in [0.2, 0.25) is 0 Å². The van der Waals surface area contributed by atoms with Crippen molar-refractivity contribution in [2.24, 2.45) is 11.7 Å². The zero-order chi connectivity index (χ0) is 21.3. The van der Waals surface area contributed by atoms with E-state index in [0.29, 0.717) is 31.5 Å². The van der Waals surface area contributed by atoms with Crippen molar-refractivity contribution in [2.75, 3.05) is 6.61 Å². The molecule has 0 bridgehead atoms. The molecule has 0 aromatic heterocycles. The summed E-state index contributed by atoms with van der Waals surface area (Å²) in [7, 11) is 0. The molecule has 1 heterocycles. The summed E-state index contributed by atoms with van der Waals surface area (Å²) in [5.74, 6) is -0.526. The molecule has 1 aromatic rings. The van der Waals surface area contributed by atoms with Crippen LogP contribution in [0, 0.1) is 5.92 Å². The molecule has 1 aliphatic heterocycles. The van der Waals surface area contributed by atoms with Crippen molar-refractivity contribution >= 4 is 5.97 Å². The van der Waals surface area contributed by atoms with E-state index >= 15 is 0 Å². The average molecular weight is 402 g/mol. The Morgan fingerprint density at radius 3 is 2.62 bits per heavy atom. The van der Waals surface area contributed by atoms with Gasteiger partial charge in [0.25, 0.3) is 0 Å². The van der Waals surface area contributed by atoms with Gasteiger partial charge in [0.15, 0.2) is 5.60 Å². The zero-order valence-corrected chi connectivity index (χ0v) is 17.7. The van der Waals surface area contributed by atoms with Crippen molar-refractivity contribution in [2.45, 2.75) is 70.3 Å². The van der Waals surface area contributed by atoms with Crippen LogP contribution >= 0.6 is 0 Å². The Labute approximate surface area is 174 Å². The minimum absolute atomic E-state index is 0.359. The Morgan fingerprint density at radius 2 is 2.10 bits per heavy atom. The molecule has 0 radical (unpaired) electrons. The number of benzene rings is 1. The van der Waals surface area contributed by atoms with Crippen molar-refractivity contribution in [3.63, 3.8) is 0 Å². The van der Waals surface area contributed by atoms with Crippen LogP contribution in [0.25, 0.3) is 0 Å². The molecular weight excluding hydrogens is 366 g/mol. The standard InChI is InChI=1S/C15H18O.C9H17NO3/c1-2-13-9-6-10-15(11-13)16-12-14-7-4-3-5-8-14;1-6(2)5-7(10)9(8(11)12)3-4-13-9/h2-5,7-9,15H,1,6,10-12H2;6-7H,3-5,10H2,1-2H3,(H,11,12). The van der Waals surface area contributed by atoms with E-state index in [-0.39, 0.29) is 0 Å². The molecule has 5 heteroatoms. The molecule has 1 aliphatic carbocycles. The third kappa shape index (κ3) is 6.81. The van der Waals surface area contributed by atoms with Crippen LogP contribution in [-0.4, -0.2) is 35.4 Å². The first-order chi connectivity index (χ1) is 13.9. The van der Waals surface area contributed by atoms with Gasteiger partial charge in [-0.05, 0) is 37.2 Å². The Kier molecular flexibility index (Phi) is 9.08. The van der Waals surface area contributed by atoms with Gasteiger partial charge in [-0.3, -0.25) is 0 Å². The van der Waals surface area contributed by atoms with Gasteiger partial charge in [-0.25, -0.2) is 4.79 Å². The van der Waals surface area contributed by atoms with Gasteiger partial charge in [0, 0.05) is 12.5 Å². The molecule has 5 nitrogen and oxygen atoms in total. The zero-order valence-electron chi connectivity index (χ0n) is 17.7. The van der Waals surface area contributed by atoms with E-state index in [1.807, 2.05) is 26.0 Å². The number of hydrogen-bond acceptors (Lipinski definition) is 4. The molecule has 3 N–H and O–H groups in total. The second-order valence-electron chi connectivity index (χ2n) is 8.21. The second-order valence-corrected chi connectivity index (χ2v) is 8.21. The molecule has 1 fully saturated rings. The number of carboxylic acid groups (broad SMARTS) is 1. The molecule has 160 valence electrons. The maximum Gasteiger partial charge on any atom is 0.337 e. The van der Waals surface area contributed by atoms with E-state index in [9.17, 15) is 4.79 Å². The summed E-state index contributed by atoms with van der Waals surface area (Å²) in [6.45, 7) is 9.09. The summed E-state index contributed by atoms with van der Waals surface area (Å²) in [6, 6.07) is 9.95. The molecule has 0 saturated carbocycles. The molecule has 29 heavy (non-hydrogen) atoms. The first-order valence-electron chi connectivity index (χ1n) is 10.5. The number of allylic oxidation sites excluding steroid dienone is 2. The number of aliphatic carboxylic acids is 1. The van der Waals surface area contributed by atoms with E-state index in [1.165, 1.54) is 11.1 Å². The summed E-state index contributed by atoms with van der Waals surface area (Å²) in [4.78, 5) is 10.9. The molecule has 3 atom stereocenters. The van der Waals surface area contributed by atoms with E-state index < -0.39 is 17.6 Å². The second kappa shape index (κ2) is 11.3. The number of carbonyl (C=O) groups is 1. The van der Waals surface area contributed by atoms with Crippen LogP contribution in [0.15, 0.2) is 54.6 Å². The molecule has 1 aromatic carbocycles. The lowest BCUT2D eigenvalue weighted by Crippen LogP contribution is -2.62. The third-order valence-corrected chi connectivity index (χ3v) is 5.47. The highest BCUT2D eigenvalue weighted by Gasteiger charge is 2.51. The summed E-state index contributed by atoms with van der Waals surface area (Å²) >= 11 is 0. The Balaban J connectivity index is 0.000000212. The van der Waals surface area contributed by atoms with Crippen LogP contribution in [-0.2, 0) is 20.9 Å². The summed E-state index contributed by atoms with van der Waals surface area (Å²) < 4.78 is 11.0. The van der Waals surface area contributed by atoms with Crippen molar-refractivity contribution in [3.05, 3.63) is 60.2 Å². The number of rotatable bonds is 8. The van der Waals surface area contributed by atoms with Gasteiger partial charge in [-0.1, -0.05) is 68.5 Å². The predicted molar refractivity (Wildman–Crippen MR) is 116 cm³/mol. The van der Waals surface area contributed by atoms with Crippen molar-refractivity contribution in [1.82, 2.24) is 0 Å². The Hall–Kier alpha value is -1.95. The van der Waals surface area contributed by atoms with Gasteiger partial charge in [-0.15, -0.1) is 0 Å². The Morgan fingerprint density at radius 1 is 1.41 bits per heavy atom. The minimum atomic E-state index is -1.09. The SMILES string of the molecule is C=CC1=CCCC(OCc2ccccc2)C1.CC(C)CC(N)C1(C(=O)O)CCO1. The maximum absolute atomic E-state index is 10.9. The number of carboxylic acids is 1. The smallest absolute Gasteiger partial charge is 0.337 e. The highest BCUT2D eigenvalue weighted by atomic mass is 16.5. The van der Waals surface area contributed by atoms with Crippen LogP contribution in [0.3, 0.4) is 0 Å². The first-order valence-corrected chi connectivity index (χ1v) is 10.5. The third-order valence-electron chi connectivity index (χ3n) is 5.47. The normalized spacial score (nSPS) is 24.6. The molecule has 1 saturated heterocycles. The van der Waals surface area contributed by atoms with Crippen LogP contribution in [0.4, 0.5) is 0 Å². The fourth-order valence-corrected chi connectivity index (χ4v) is 3.64.